The Morgan fingerprint density at radius 2 is 2.08 bits per heavy atom. The molecule has 2 atom stereocenters. The average Bonchev–Trinajstić information content (AvgIpc) is 2.26. The first-order valence-corrected chi connectivity index (χ1v) is 5.23. The minimum Gasteiger partial charge on any atom is -0.484 e. The van der Waals surface area contributed by atoms with Gasteiger partial charge in [-0.2, -0.15) is 0 Å². The number of rotatable bonds is 1. The maximum atomic E-state index is 5.34. The van der Waals surface area contributed by atoms with E-state index in [1.54, 1.807) is 7.11 Å². The van der Waals surface area contributed by atoms with Crippen LogP contribution in [-0.4, -0.2) is 19.6 Å². The summed E-state index contributed by atoms with van der Waals surface area (Å²) in [6, 6.07) is 0. The van der Waals surface area contributed by atoms with Gasteiger partial charge in [-0.05, 0) is 24.7 Å². The number of ether oxygens (including phenoxy) is 1. The minimum atomic E-state index is 0.537. The number of hydrogen-bond acceptors (Lipinski definition) is 2. The molecule has 0 amide bonds. The molecule has 76 valence electrons. The highest BCUT2D eigenvalue weighted by atomic mass is 16.5. The van der Waals surface area contributed by atoms with Gasteiger partial charge in [0.15, 0.2) is 5.90 Å². The van der Waals surface area contributed by atoms with Gasteiger partial charge in [-0.3, -0.25) is 4.99 Å². The SMILES string of the molecule is COC1=NCC(C)CC[C@@H]1C(C)C. The first-order valence-electron chi connectivity index (χ1n) is 5.23. The molecule has 0 fully saturated rings. The summed E-state index contributed by atoms with van der Waals surface area (Å²) >= 11 is 0. The van der Waals surface area contributed by atoms with Crippen molar-refractivity contribution in [2.24, 2.45) is 22.7 Å². The fraction of sp³-hybridized carbons (Fsp3) is 0.909. The molecular formula is C11H21NO. The lowest BCUT2D eigenvalue weighted by molar-refractivity contribution is 0.323. The number of aliphatic imine (C=N–C) groups is 1. The van der Waals surface area contributed by atoms with E-state index in [-0.39, 0.29) is 0 Å². The van der Waals surface area contributed by atoms with Crippen LogP contribution in [0.1, 0.15) is 33.6 Å². The van der Waals surface area contributed by atoms with Crippen LogP contribution in [0.3, 0.4) is 0 Å². The highest BCUT2D eigenvalue weighted by Gasteiger charge is 2.24. The van der Waals surface area contributed by atoms with Crippen LogP contribution in [0, 0.1) is 17.8 Å². The molecule has 0 radical (unpaired) electrons. The van der Waals surface area contributed by atoms with Gasteiger partial charge in [0.05, 0.1) is 7.11 Å². The molecule has 0 aromatic carbocycles. The first-order chi connectivity index (χ1) is 6.15. The Hall–Kier alpha value is -0.530. The van der Waals surface area contributed by atoms with Gasteiger partial charge in [-0.15, -0.1) is 0 Å². The second-order valence-corrected chi connectivity index (χ2v) is 4.42. The van der Waals surface area contributed by atoms with Crippen LogP contribution in [0.5, 0.6) is 0 Å². The van der Waals surface area contributed by atoms with Crippen molar-refractivity contribution in [1.29, 1.82) is 0 Å². The lowest BCUT2D eigenvalue weighted by Crippen LogP contribution is -2.21. The Morgan fingerprint density at radius 3 is 2.62 bits per heavy atom. The molecule has 0 aliphatic carbocycles. The average molecular weight is 183 g/mol. The molecule has 0 aromatic heterocycles. The summed E-state index contributed by atoms with van der Waals surface area (Å²) in [6.45, 7) is 7.69. The molecule has 0 spiro atoms. The van der Waals surface area contributed by atoms with E-state index in [1.807, 2.05) is 0 Å². The lowest BCUT2D eigenvalue weighted by Gasteiger charge is -2.19. The molecule has 1 heterocycles. The number of methoxy groups -OCH3 is 1. The molecule has 1 unspecified atom stereocenters. The van der Waals surface area contributed by atoms with Crippen molar-refractivity contribution in [1.82, 2.24) is 0 Å². The summed E-state index contributed by atoms with van der Waals surface area (Å²) in [5.74, 6) is 2.87. The molecule has 1 aliphatic heterocycles. The predicted octanol–water partition coefficient (Wildman–Crippen LogP) is 2.73. The highest BCUT2D eigenvalue weighted by molar-refractivity contribution is 5.79. The maximum absolute atomic E-state index is 5.34. The molecule has 0 N–H and O–H groups in total. The lowest BCUT2D eigenvalue weighted by atomic mass is 9.89. The second kappa shape index (κ2) is 4.64. The number of nitrogens with zero attached hydrogens (tertiary/aromatic N) is 1. The largest absolute Gasteiger partial charge is 0.484 e. The number of hydrogen-bond donors (Lipinski definition) is 0. The van der Waals surface area contributed by atoms with Crippen LogP contribution < -0.4 is 0 Å². The smallest absolute Gasteiger partial charge is 0.186 e. The molecule has 1 rings (SSSR count). The zero-order valence-electron chi connectivity index (χ0n) is 9.21. The summed E-state index contributed by atoms with van der Waals surface area (Å²) in [7, 11) is 1.74. The Balaban J connectivity index is 2.70. The molecule has 1 aliphatic rings. The van der Waals surface area contributed by atoms with Gasteiger partial charge in [-0.1, -0.05) is 20.8 Å². The predicted molar refractivity (Wildman–Crippen MR) is 56.0 cm³/mol. The van der Waals surface area contributed by atoms with E-state index < -0.39 is 0 Å². The van der Waals surface area contributed by atoms with Gasteiger partial charge in [0, 0.05) is 12.5 Å². The standard InChI is InChI=1S/C11H21NO/c1-8(2)10-6-5-9(3)7-12-11(10)13-4/h8-10H,5-7H2,1-4H3/t9?,10-/m1/s1. The van der Waals surface area contributed by atoms with E-state index in [1.165, 1.54) is 12.8 Å². The Kier molecular flexibility index (Phi) is 3.76. The van der Waals surface area contributed by atoms with Gasteiger partial charge in [0.25, 0.3) is 0 Å². The fourth-order valence-corrected chi connectivity index (χ4v) is 1.88. The Bertz CT molecular complexity index is 187. The summed E-state index contributed by atoms with van der Waals surface area (Å²) < 4.78 is 5.34. The van der Waals surface area contributed by atoms with Crippen molar-refractivity contribution >= 4 is 5.90 Å². The molecule has 0 saturated heterocycles. The quantitative estimate of drug-likeness (QED) is 0.612. The van der Waals surface area contributed by atoms with Crippen molar-refractivity contribution in [3.05, 3.63) is 0 Å². The van der Waals surface area contributed by atoms with Gasteiger partial charge in [0.2, 0.25) is 0 Å². The van der Waals surface area contributed by atoms with Crippen LogP contribution >= 0.6 is 0 Å². The molecular weight excluding hydrogens is 162 g/mol. The van der Waals surface area contributed by atoms with Crippen LogP contribution in [0.25, 0.3) is 0 Å². The van der Waals surface area contributed by atoms with Crippen molar-refractivity contribution in [3.8, 4) is 0 Å². The van der Waals surface area contributed by atoms with Crippen molar-refractivity contribution in [2.75, 3.05) is 13.7 Å². The highest BCUT2D eigenvalue weighted by Crippen LogP contribution is 2.25. The summed E-state index contributed by atoms with van der Waals surface area (Å²) in [6.07, 6.45) is 2.50. The van der Waals surface area contributed by atoms with Gasteiger partial charge in [-0.25, -0.2) is 0 Å². The van der Waals surface area contributed by atoms with Crippen LogP contribution in [0.4, 0.5) is 0 Å². The molecule has 0 bridgehead atoms. The van der Waals surface area contributed by atoms with Crippen molar-refractivity contribution < 1.29 is 4.74 Å². The molecule has 13 heavy (non-hydrogen) atoms. The van der Waals surface area contributed by atoms with E-state index in [2.05, 4.69) is 25.8 Å². The van der Waals surface area contributed by atoms with Crippen molar-refractivity contribution in [2.45, 2.75) is 33.6 Å². The zero-order valence-corrected chi connectivity index (χ0v) is 9.21. The van der Waals surface area contributed by atoms with E-state index in [4.69, 9.17) is 4.74 Å². The van der Waals surface area contributed by atoms with Gasteiger partial charge in [0.1, 0.15) is 0 Å². The van der Waals surface area contributed by atoms with Crippen LogP contribution in [0.2, 0.25) is 0 Å². The summed E-state index contributed by atoms with van der Waals surface area (Å²) in [4.78, 5) is 4.52. The second-order valence-electron chi connectivity index (χ2n) is 4.42. The van der Waals surface area contributed by atoms with E-state index in [9.17, 15) is 0 Å². The monoisotopic (exact) mass is 183 g/mol. The molecule has 2 nitrogen and oxygen atoms in total. The summed E-state index contributed by atoms with van der Waals surface area (Å²) in [5, 5.41) is 0. The normalized spacial score (nSPS) is 29.8. The molecule has 0 saturated carbocycles. The first kappa shape index (κ1) is 10.6. The Morgan fingerprint density at radius 1 is 1.38 bits per heavy atom. The third-order valence-electron chi connectivity index (χ3n) is 2.86. The summed E-state index contributed by atoms with van der Waals surface area (Å²) in [5.41, 5.74) is 0. The molecule has 2 heteroatoms. The maximum Gasteiger partial charge on any atom is 0.186 e. The zero-order chi connectivity index (χ0) is 9.84. The van der Waals surface area contributed by atoms with Crippen LogP contribution in [0.15, 0.2) is 4.99 Å². The third kappa shape index (κ3) is 2.71. The third-order valence-corrected chi connectivity index (χ3v) is 2.86. The molecule has 0 aromatic rings. The Labute approximate surface area is 81.4 Å². The van der Waals surface area contributed by atoms with Crippen molar-refractivity contribution in [3.63, 3.8) is 0 Å². The van der Waals surface area contributed by atoms with Gasteiger partial charge < -0.3 is 4.74 Å². The minimum absolute atomic E-state index is 0.537. The van der Waals surface area contributed by atoms with E-state index >= 15 is 0 Å². The van der Waals surface area contributed by atoms with E-state index in [0.29, 0.717) is 17.8 Å². The van der Waals surface area contributed by atoms with E-state index in [0.717, 1.165) is 12.4 Å². The van der Waals surface area contributed by atoms with Gasteiger partial charge >= 0.3 is 0 Å². The topological polar surface area (TPSA) is 21.6 Å². The van der Waals surface area contributed by atoms with Crippen LogP contribution in [-0.2, 0) is 4.74 Å². The fourth-order valence-electron chi connectivity index (χ4n) is 1.88.